The van der Waals surface area contributed by atoms with Gasteiger partial charge in [0.2, 0.25) is 4.77 Å². The third-order valence-corrected chi connectivity index (χ3v) is 8.25. The van der Waals surface area contributed by atoms with Crippen molar-refractivity contribution < 1.29 is 8.42 Å². The molecule has 1 aliphatic heterocycles. The van der Waals surface area contributed by atoms with Crippen LogP contribution in [0.25, 0.3) is 17.1 Å². The number of para-hydroxylation sites is 1. The van der Waals surface area contributed by atoms with Gasteiger partial charge in [-0.05, 0) is 62.4 Å². The molecule has 0 radical (unpaired) electrons. The van der Waals surface area contributed by atoms with Gasteiger partial charge >= 0.3 is 0 Å². The Bertz CT molecular complexity index is 1300. The maximum absolute atomic E-state index is 11.9. The molecular formula is C21H22Cl2N4O2S2. The van der Waals surface area contributed by atoms with Gasteiger partial charge in [0, 0.05) is 16.6 Å². The molecule has 0 aliphatic carbocycles. The molecule has 164 valence electrons. The molecule has 10 heteroatoms. The summed E-state index contributed by atoms with van der Waals surface area (Å²) in [5.41, 5.74) is 2.66. The monoisotopic (exact) mass is 496 g/mol. The van der Waals surface area contributed by atoms with Crippen molar-refractivity contribution in [1.82, 2.24) is 19.2 Å². The number of halogens is 2. The third kappa shape index (κ3) is 4.59. The highest BCUT2D eigenvalue weighted by Gasteiger charge is 2.31. The third-order valence-electron chi connectivity index (χ3n) is 5.56. The number of benzene rings is 2. The van der Waals surface area contributed by atoms with E-state index in [-0.39, 0.29) is 17.5 Å². The van der Waals surface area contributed by atoms with E-state index in [0.29, 0.717) is 39.3 Å². The molecule has 3 aromatic rings. The molecular weight excluding hydrogens is 475 g/mol. The van der Waals surface area contributed by atoms with Gasteiger partial charge in [-0.25, -0.2) is 13.1 Å². The van der Waals surface area contributed by atoms with Gasteiger partial charge < -0.3 is 0 Å². The highest BCUT2D eigenvalue weighted by atomic mass is 35.5. The topological polar surface area (TPSA) is 60.1 Å². The summed E-state index contributed by atoms with van der Waals surface area (Å²) in [6.07, 6.45) is 0.612. The summed E-state index contributed by atoms with van der Waals surface area (Å²) in [5, 5.41) is 5.81. The van der Waals surface area contributed by atoms with Gasteiger partial charge in [-0.1, -0.05) is 41.4 Å². The summed E-state index contributed by atoms with van der Waals surface area (Å²) in [7, 11) is -1.08. The Hall–Kier alpha value is -1.71. The average Bonchev–Trinajstić information content (AvgIpc) is 3.22. The summed E-state index contributed by atoms with van der Waals surface area (Å²) >= 11 is 18.4. The van der Waals surface area contributed by atoms with Crippen molar-refractivity contribution in [3.63, 3.8) is 0 Å². The fraction of sp³-hybridized carbons (Fsp3) is 0.333. The minimum Gasteiger partial charge on any atom is -0.283 e. The number of sulfone groups is 1. The zero-order chi connectivity index (χ0) is 22.3. The molecule has 0 bridgehead atoms. The van der Waals surface area contributed by atoms with E-state index in [1.807, 2.05) is 53.8 Å². The molecule has 1 atom stereocenters. The quantitative estimate of drug-likeness (QED) is 0.476. The first-order valence-corrected chi connectivity index (χ1v) is 12.8. The largest absolute Gasteiger partial charge is 0.283 e. The summed E-state index contributed by atoms with van der Waals surface area (Å²) in [6.45, 7) is 2.38. The van der Waals surface area contributed by atoms with Crippen molar-refractivity contribution in [2.24, 2.45) is 0 Å². The number of hydrogen-bond donors (Lipinski definition) is 0. The molecule has 0 unspecified atom stereocenters. The summed E-state index contributed by atoms with van der Waals surface area (Å²) in [4.78, 5) is 1.99. The Morgan fingerprint density at radius 3 is 2.61 bits per heavy atom. The van der Waals surface area contributed by atoms with Crippen LogP contribution in [-0.2, 0) is 16.5 Å². The minimum absolute atomic E-state index is 0.0573. The van der Waals surface area contributed by atoms with E-state index in [4.69, 9.17) is 40.5 Å². The normalized spacial score (nSPS) is 18.0. The van der Waals surface area contributed by atoms with Crippen LogP contribution in [0.3, 0.4) is 0 Å². The molecule has 1 saturated heterocycles. The lowest BCUT2D eigenvalue weighted by Gasteiger charge is -2.22. The minimum atomic E-state index is -2.98. The van der Waals surface area contributed by atoms with E-state index < -0.39 is 9.84 Å². The zero-order valence-corrected chi connectivity index (χ0v) is 20.3. The second kappa shape index (κ2) is 8.67. The lowest BCUT2D eigenvalue weighted by Crippen LogP contribution is -2.34. The van der Waals surface area contributed by atoms with Crippen LogP contribution >= 0.6 is 35.4 Å². The molecule has 6 nitrogen and oxygen atoms in total. The van der Waals surface area contributed by atoms with Crippen molar-refractivity contribution in [3.8, 4) is 17.1 Å². The first-order chi connectivity index (χ1) is 14.7. The lowest BCUT2D eigenvalue weighted by molar-refractivity contribution is 0.196. The molecule has 1 fully saturated rings. The van der Waals surface area contributed by atoms with E-state index in [2.05, 4.69) is 0 Å². The van der Waals surface area contributed by atoms with E-state index >= 15 is 0 Å². The molecule has 1 aliphatic rings. The molecule has 2 aromatic carbocycles. The zero-order valence-electron chi connectivity index (χ0n) is 17.1. The van der Waals surface area contributed by atoms with Gasteiger partial charge in [0.15, 0.2) is 15.7 Å². The average molecular weight is 497 g/mol. The summed E-state index contributed by atoms with van der Waals surface area (Å²) in [5.74, 6) is 0.982. The van der Waals surface area contributed by atoms with Crippen LogP contribution in [0.2, 0.25) is 10.0 Å². The smallest absolute Gasteiger partial charge is 0.204 e. The highest BCUT2D eigenvalue weighted by Crippen LogP contribution is 2.32. The predicted molar refractivity (Wildman–Crippen MR) is 127 cm³/mol. The SMILES string of the molecule is Cc1ccccc1-n1c(-c2ccc(Cl)cc2Cl)nn(CN(C)[C@H]2CCS(=O)(=O)C2)c1=S. The number of rotatable bonds is 5. The van der Waals surface area contributed by atoms with E-state index in [1.165, 1.54) is 0 Å². The van der Waals surface area contributed by atoms with E-state index in [1.54, 1.807) is 16.8 Å². The van der Waals surface area contributed by atoms with Crippen LogP contribution in [0.15, 0.2) is 42.5 Å². The molecule has 31 heavy (non-hydrogen) atoms. The van der Waals surface area contributed by atoms with Crippen LogP contribution in [-0.4, -0.2) is 52.3 Å². The maximum atomic E-state index is 11.9. The van der Waals surface area contributed by atoms with Gasteiger partial charge in [-0.15, -0.1) is 5.10 Å². The van der Waals surface area contributed by atoms with Crippen LogP contribution in [0.4, 0.5) is 0 Å². The number of aromatic nitrogens is 3. The standard InChI is InChI=1S/C21H22Cl2N4O2S2/c1-14-5-3-4-6-19(14)27-20(17-8-7-15(22)11-18(17)23)24-26(21(27)30)13-25(2)16-9-10-31(28,29)12-16/h3-8,11,16H,9-10,12-13H2,1-2H3/t16-/m0/s1. The molecule has 0 N–H and O–H groups in total. The number of nitrogens with zero attached hydrogens (tertiary/aromatic N) is 4. The number of aryl methyl sites for hydroxylation is 1. The van der Waals surface area contributed by atoms with Crippen molar-refractivity contribution in [2.75, 3.05) is 18.6 Å². The van der Waals surface area contributed by atoms with Crippen LogP contribution < -0.4 is 0 Å². The van der Waals surface area contributed by atoms with Crippen molar-refractivity contribution in [2.45, 2.75) is 26.1 Å². The summed E-state index contributed by atoms with van der Waals surface area (Å²) in [6, 6.07) is 13.1. The first kappa shape index (κ1) is 22.5. The molecule has 0 amide bonds. The van der Waals surface area contributed by atoms with Crippen molar-refractivity contribution in [3.05, 3.63) is 62.8 Å². The van der Waals surface area contributed by atoms with Crippen LogP contribution in [0, 0.1) is 11.7 Å². The number of hydrogen-bond acceptors (Lipinski definition) is 5. The fourth-order valence-electron chi connectivity index (χ4n) is 3.83. The van der Waals surface area contributed by atoms with Gasteiger partial charge in [-0.3, -0.25) is 9.47 Å². The van der Waals surface area contributed by atoms with Gasteiger partial charge in [-0.2, -0.15) is 0 Å². The second-order valence-corrected chi connectivity index (χ2v) is 11.2. The van der Waals surface area contributed by atoms with Gasteiger partial charge in [0.05, 0.1) is 28.9 Å². The van der Waals surface area contributed by atoms with E-state index in [0.717, 1.165) is 11.3 Å². The Balaban J connectivity index is 1.81. The second-order valence-electron chi connectivity index (χ2n) is 7.81. The van der Waals surface area contributed by atoms with Crippen LogP contribution in [0.1, 0.15) is 12.0 Å². The highest BCUT2D eigenvalue weighted by molar-refractivity contribution is 7.91. The first-order valence-electron chi connectivity index (χ1n) is 9.78. The molecule has 1 aromatic heterocycles. The Labute approximate surface area is 196 Å². The molecule has 4 rings (SSSR count). The van der Waals surface area contributed by atoms with Crippen molar-refractivity contribution in [1.29, 1.82) is 0 Å². The van der Waals surface area contributed by atoms with Gasteiger partial charge in [0.25, 0.3) is 0 Å². The maximum Gasteiger partial charge on any atom is 0.204 e. The van der Waals surface area contributed by atoms with E-state index in [9.17, 15) is 8.42 Å². The Morgan fingerprint density at radius 1 is 1.23 bits per heavy atom. The molecule has 0 spiro atoms. The lowest BCUT2D eigenvalue weighted by atomic mass is 10.1. The van der Waals surface area contributed by atoms with Crippen LogP contribution in [0.5, 0.6) is 0 Å². The van der Waals surface area contributed by atoms with Crippen molar-refractivity contribution >= 4 is 45.3 Å². The summed E-state index contributed by atoms with van der Waals surface area (Å²) < 4.78 is 27.9. The molecule has 0 saturated carbocycles. The molecule has 2 heterocycles. The fourth-order valence-corrected chi connectivity index (χ4v) is 6.41. The predicted octanol–water partition coefficient (Wildman–Crippen LogP) is 4.76. The Morgan fingerprint density at radius 2 is 1.97 bits per heavy atom. The Kier molecular flexibility index (Phi) is 6.29. The van der Waals surface area contributed by atoms with Gasteiger partial charge in [0.1, 0.15) is 0 Å².